The van der Waals surface area contributed by atoms with E-state index in [2.05, 4.69) is 182 Å². The number of rotatable bonds is 3. The van der Waals surface area contributed by atoms with Gasteiger partial charge in [0, 0.05) is 4.47 Å². The maximum absolute atomic E-state index is 4.08. The fraction of sp³-hybridized carbons (Fsp3) is 0.0612. The molecule has 10 aromatic rings. The Morgan fingerprint density at radius 3 is 1.00 bits per heavy atom. The zero-order valence-corrected chi connectivity index (χ0v) is 29.8. The second-order valence-electron chi connectivity index (χ2n) is 13.9. The Morgan fingerprint density at radius 1 is 0.280 bits per heavy atom. The molecule has 0 amide bonds. The predicted octanol–water partition coefficient (Wildman–Crippen LogP) is 14.7. The average molecular weight is 702 g/mol. The van der Waals surface area contributed by atoms with E-state index in [4.69, 9.17) is 0 Å². The zero-order chi connectivity index (χ0) is 33.7. The first kappa shape index (κ1) is 29.4. The number of fused-ring (bicyclic) bond motifs is 3. The molecular formula is C49H33Br. The van der Waals surface area contributed by atoms with E-state index in [1.807, 2.05) is 0 Å². The number of hydrogen-bond acceptors (Lipinski definition) is 0. The van der Waals surface area contributed by atoms with E-state index in [0.29, 0.717) is 0 Å². The molecule has 0 unspecified atom stereocenters. The normalized spacial score (nSPS) is 12.0. The summed E-state index contributed by atoms with van der Waals surface area (Å²) in [4.78, 5) is 0. The molecule has 0 heterocycles. The minimum absolute atomic E-state index is 1.12. The molecule has 0 nitrogen and oxygen atoms in total. The van der Waals surface area contributed by atoms with Crippen LogP contribution in [0.4, 0.5) is 0 Å². The molecule has 0 bridgehead atoms. The van der Waals surface area contributed by atoms with Gasteiger partial charge in [0.25, 0.3) is 0 Å². The van der Waals surface area contributed by atoms with E-state index in [1.54, 1.807) is 0 Å². The number of halogens is 1. The van der Waals surface area contributed by atoms with Gasteiger partial charge in [-0.25, -0.2) is 0 Å². The number of hydrogen-bond donors (Lipinski definition) is 0. The Morgan fingerprint density at radius 2 is 0.600 bits per heavy atom. The molecule has 1 heteroatoms. The lowest BCUT2D eigenvalue weighted by molar-refractivity contribution is 1.52. The molecule has 0 N–H and O–H groups in total. The summed E-state index contributed by atoms with van der Waals surface area (Å²) in [5.74, 6) is 0. The van der Waals surface area contributed by atoms with Gasteiger partial charge in [0.05, 0.1) is 0 Å². The largest absolute Gasteiger partial charge is 0.0616 e. The highest BCUT2D eigenvalue weighted by Crippen LogP contribution is 2.50. The number of aryl methyl sites for hydroxylation is 3. The van der Waals surface area contributed by atoms with Gasteiger partial charge in [-0.15, -0.1) is 0 Å². The van der Waals surface area contributed by atoms with Crippen molar-refractivity contribution in [1.82, 2.24) is 0 Å². The molecule has 236 valence electrons. The van der Waals surface area contributed by atoms with Crippen molar-refractivity contribution in [2.75, 3.05) is 0 Å². The molecule has 0 fully saturated rings. The van der Waals surface area contributed by atoms with Gasteiger partial charge in [-0.3, -0.25) is 0 Å². The highest BCUT2D eigenvalue weighted by Gasteiger charge is 2.22. The highest BCUT2D eigenvalue weighted by molar-refractivity contribution is 9.10. The van der Waals surface area contributed by atoms with Crippen molar-refractivity contribution >= 4 is 80.6 Å². The lowest BCUT2D eigenvalue weighted by Gasteiger charge is -2.22. The van der Waals surface area contributed by atoms with Crippen molar-refractivity contribution in [3.8, 4) is 33.4 Å². The van der Waals surface area contributed by atoms with Crippen LogP contribution in [0, 0.1) is 20.8 Å². The van der Waals surface area contributed by atoms with Crippen LogP contribution in [0.15, 0.2) is 150 Å². The van der Waals surface area contributed by atoms with E-state index in [9.17, 15) is 0 Å². The van der Waals surface area contributed by atoms with Crippen molar-refractivity contribution in [3.05, 3.63) is 167 Å². The molecule has 0 saturated carbocycles. The molecular weight excluding hydrogens is 668 g/mol. The predicted molar refractivity (Wildman–Crippen MR) is 221 cm³/mol. The first-order valence-corrected chi connectivity index (χ1v) is 18.2. The molecule has 0 aromatic heterocycles. The zero-order valence-electron chi connectivity index (χ0n) is 28.2. The molecule has 0 aliphatic rings. The van der Waals surface area contributed by atoms with Gasteiger partial charge in [-0.2, -0.15) is 0 Å². The topological polar surface area (TPSA) is 0 Å². The van der Waals surface area contributed by atoms with E-state index < -0.39 is 0 Å². The third kappa shape index (κ3) is 4.17. The Balaban J connectivity index is 1.40. The quantitative estimate of drug-likeness (QED) is 0.161. The van der Waals surface area contributed by atoms with E-state index in [0.717, 1.165) is 4.47 Å². The van der Waals surface area contributed by atoms with Crippen LogP contribution in [0.2, 0.25) is 0 Å². The van der Waals surface area contributed by atoms with Crippen LogP contribution >= 0.6 is 15.9 Å². The maximum atomic E-state index is 4.08. The number of benzene rings is 10. The fourth-order valence-corrected chi connectivity index (χ4v) is 9.23. The van der Waals surface area contributed by atoms with Gasteiger partial charge >= 0.3 is 0 Å². The van der Waals surface area contributed by atoms with Gasteiger partial charge < -0.3 is 0 Å². The lowest BCUT2D eigenvalue weighted by atomic mass is 9.82. The van der Waals surface area contributed by atoms with E-state index >= 15 is 0 Å². The van der Waals surface area contributed by atoms with Gasteiger partial charge in [-0.05, 0) is 148 Å². The summed E-state index contributed by atoms with van der Waals surface area (Å²) in [7, 11) is 0. The van der Waals surface area contributed by atoms with E-state index in [-0.39, 0.29) is 0 Å². The van der Waals surface area contributed by atoms with Crippen LogP contribution in [0.3, 0.4) is 0 Å². The molecule has 10 rings (SSSR count). The summed E-state index contributed by atoms with van der Waals surface area (Å²) in [5, 5.41) is 15.5. The molecule has 0 radical (unpaired) electrons. The van der Waals surface area contributed by atoms with Crippen LogP contribution in [0.25, 0.3) is 98.0 Å². The van der Waals surface area contributed by atoms with Crippen LogP contribution in [0.5, 0.6) is 0 Å². The Bertz CT molecular complexity index is 2910. The Hall–Kier alpha value is -5.50. The van der Waals surface area contributed by atoms with Crippen LogP contribution in [-0.4, -0.2) is 0 Å². The third-order valence-electron chi connectivity index (χ3n) is 11.1. The Kier molecular flexibility index (Phi) is 6.47. The van der Waals surface area contributed by atoms with Crippen LogP contribution in [0.1, 0.15) is 16.7 Å². The molecule has 10 aromatic carbocycles. The summed E-state index contributed by atoms with van der Waals surface area (Å²) >= 11 is 4.08. The SMILES string of the molecule is Cc1ccc(-c2cc(Br)c3ccc4c(-c5ccc(C)c6ccccc56)cc(-c5ccc(C)c6ccccc56)c5ccc2c3c45)c2ccccc12. The maximum Gasteiger partial charge on any atom is 0.0260 e. The minimum atomic E-state index is 1.12. The van der Waals surface area contributed by atoms with Crippen LogP contribution in [-0.2, 0) is 0 Å². The third-order valence-corrected chi connectivity index (χ3v) is 11.8. The monoisotopic (exact) mass is 700 g/mol. The molecule has 0 spiro atoms. The summed E-state index contributed by atoms with van der Waals surface area (Å²) in [6.07, 6.45) is 0. The van der Waals surface area contributed by atoms with Gasteiger partial charge in [0.1, 0.15) is 0 Å². The minimum Gasteiger partial charge on any atom is -0.0616 e. The summed E-state index contributed by atoms with van der Waals surface area (Å²) < 4.78 is 1.12. The summed E-state index contributed by atoms with van der Waals surface area (Å²) in [5.41, 5.74) is 11.5. The first-order chi connectivity index (χ1) is 24.5. The fourth-order valence-electron chi connectivity index (χ4n) is 8.67. The van der Waals surface area contributed by atoms with Crippen molar-refractivity contribution in [2.24, 2.45) is 0 Å². The lowest BCUT2D eigenvalue weighted by Crippen LogP contribution is -1.95. The van der Waals surface area contributed by atoms with Gasteiger partial charge in [0.15, 0.2) is 0 Å². The van der Waals surface area contributed by atoms with E-state index in [1.165, 1.54) is 115 Å². The van der Waals surface area contributed by atoms with Crippen LogP contribution < -0.4 is 0 Å². The second-order valence-corrected chi connectivity index (χ2v) is 14.7. The summed E-state index contributed by atoms with van der Waals surface area (Å²) in [6.45, 7) is 6.64. The van der Waals surface area contributed by atoms with Crippen molar-refractivity contribution < 1.29 is 0 Å². The Labute approximate surface area is 300 Å². The highest BCUT2D eigenvalue weighted by atomic mass is 79.9. The average Bonchev–Trinajstić information content (AvgIpc) is 3.15. The first-order valence-electron chi connectivity index (χ1n) is 17.4. The van der Waals surface area contributed by atoms with Gasteiger partial charge in [0.2, 0.25) is 0 Å². The molecule has 50 heavy (non-hydrogen) atoms. The molecule has 0 saturated heterocycles. The molecule has 0 atom stereocenters. The molecule has 0 aliphatic carbocycles. The second kappa shape index (κ2) is 11.0. The van der Waals surface area contributed by atoms with Crippen molar-refractivity contribution in [2.45, 2.75) is 20.8 Å². The summed E-state index contributed by atoms with van der Waals surface area (Å²) in [6, 6.07) is 54.6. The van der Waals surface area contributed by atoms with Gasteiger partial charge in [-0.1, -0.05) is 149 Å². The smallest absolute Gasteiger partial charge is 0.0260 e. The van der Waals surface area contributed by atoms with Crippen molar-refractivity contribution in [1.29, 1.82) is 0 Å². The van der Waals surface area contributed by atoms with Crippen molar-refractivity contribution in [3.63, 3.8) is 0 Å². The molecule has 0 aliphatic heterocycles. The standard InChI is InChI=1S/C49H33Br/c1-28-16-19-37(34-13-7-4-10-31(28)34)44-26-45(38-20-17-29(2)32-11-5-8-14-35(32)38)41-24-25-43-47(50)27-46(42-23-22-40(44)48(41)49(42)43)39-21-18-30(3)33-12-6-9-15-36(33)39/h4-27H,1-3H3.